The number of hydrogen-bond acceptors (Lipinski definition) is 10. The van der Waals surface area contributed by atoms with Crippen LogP contribution in [0.1, 0.15) is 25.7 Å². The maximum absolute atomic E-state index is 9.50. The van der Waals surface area contributed by atoms with Crippen LogP contribution in [0.25, 0.3) is 0 Å². The molecule has 0 saturated carbocycles. The van der Waals surface area contributed by atoms with E-state index in [4.69, 9.17) is 11.5 Å². The topological polar surface area (TPSA) is 213 Å². The van der Waals surface area contributed by atoms with Crippen molar-refractivity contribution in [3.63, 3.8) is 0 Å². The SMILES string of the molecule is NCCN.O=C([O-])CCC(=O)[O-].O=C([O-])CCC(=O)[O-].[Mg+2].[Mg+2]. The molecule has 0 aliphatic rings. The second kappa shape index (κ2) is 25.3. The molecule has 10 nitrogen and oxygen atoms in total. The standard InChI is InChI=1S/2C4H6O4.C2H8N2.2Mg/c2*5-3(6)1-2-4(7)8;3-1-2-4;;/h2*1-2H2,(H,5,6)(H,7,8);1-4H2;;/q;;;2*+2/p-4. The van der Waals surface area contributed by atoms with Gasteiger partial charge in [-0.2, -0.15) is 0 Å². The second-order valence-corrected chi connectivity index (χ2v) is 3.07. The molecule has 0 aromatic carbocycles. The quantitative estimate of drug-likeness (QED) is 0.417. The Morgan fingerprint density at radius 3 is 0.727 bits per heavy atom. The van der Waals surface area contributed by atoms with Gasteiger partial charge in [-0.15, -0.1) is 0 Å². The molecular formula is C10H16Mg2N2O8. The molecule has 0 radical (unpaired) electrons. The maximum atomic E-state index is 9.50. The molecule has 0 amide bonds. The molecule has 0 saturated heterocycles. The predicted molar refractivity (Wildman–Crippen MR) is 68.1 cm³/mol. The number of carboxylic acids is 4. The average Bonchev–Trinajstić information content (AvgIpc) is 2.35. The van der Waals surface area contributed by atoms with E-state index in [1.165, 1.54) is 0 Å². The molecule has 0 atom stereocenters. The van der Waals surface area contributed by atoms with Crippen LogP contribution in [0.4, 0.5) is 0 Å². The molecular weight excluding hydrogens is 325 g/mol. The summed E-state index contributed by atoms with van der Waals surface area (Å²) in [5.41, 5.74) is 9.81. The Balaban J connectivity index is -0.0000000661. The van der Waals surface area contributed by atoms with Gasteiger partial charge in [-0.05, 0) is 25.7 Å². The van der Waals surface area contributed by atoms with E-state index >= 15 is 0 Å². The molecule has 0 spiro atoms. The number of hydrogen-bond donors (Lipinski definition) is 2. The molecule has 0 bridgehead atoms. The third-order valence-corrected chi connectivity index (χ3v) is 1.23. The normalized spacial score (nSPS) is 7.55. The number of rotatable bonds is 7. The van der Waals surface area contributed by atoms with Crippen molar-refractivity contribution in [3.8, 4) is 0 Å². The third-order valence-electron chi connectivity index (χ3n) is 1.23. The summed E-state index contributed by atoms with van der Waals surface area (Å²) >= 11 is 0. The van der Waals surface area contributed by atoms with E-state index in [-0.39, 0.29) is 46.1 Å². The fourth-order valence-electron chi connectivity index (χ4n) is 0.408. The van der Waals surface area contributed by atoms with Crippen LogP contribution in [-0.4, -0.2) is 83.1 Å². The van der Waals surface area contributed by atoms with Crippen molar-refractivity contribution < 1.29 is 39.6 Å². The van der Waals surface area contributed by atoms with Crippen LogP contribution in [0.5, 0.6) is 0 Å². The van der Waals surface area contributed by atoms with Crippen molar-refractivity contribution in [2.24, 2.45) is 11.5 Å². The van der Waals surface area contributed by atoms with E-state index in [2.05, 4.69) is 0 Å². The van der Waals surface area contributed by atoms with Gasteiger partial charge in [-0.25, -0.2) is 0 Å². The number of carbonyl (C=O) groups is 4. The zero-order valence-electron chi connectivity index (χ0n) is 12.1. The first-order valence-corrected chi connectivity index (χ1v) is 5.36. The van der Waals surface area contributed by atoms with E-state index in [9.17, 15) is 39.6 Å². The van der Waals surface area contributed by atoms with E-state index in [0.717, 1.165) is 0 Å². The molecule has 0 aromatic heterocycles. The molecule has 12 heteroatoms. The number of aliphatic carboxylic acids is 4. The Morgan fingerprint density at radius 2 is 0.682 bits per heavy atom. The van der Waals surface area contributed by atoms with Crippen molar-refractivity contribution in [3.05, 3.63) is 0 Å². The van der Waals surface area contributed by atoms with Crippen LogP contribution in [0, 0.1) is 0 Å². The van der Waals surface area contributed by atoms with Gasteiger partial charge >= 0.3 is 46.1 Å². The van der Waals surface area contributed by atoms with Crippen molar-refractivity contribution in [2.75, 3.05) is 13.1 Å². The smallest absolute Gasteiger partial charge is 0.550 e. The molecule has 0 aromatic rings. The van der Waals surface area contributed by atoms with Crippen molar-refractivity contribution in [1.82, 2.24) is 0 Å². The first-order chi connectivity index (χ1) is 9.17. The maximum Gasteiger partial charge on any atom is 2.00 e. The number of nitrogens with two attached hydrogens (primary N) is 2. The summed E-state index contributed by atoms with van der Waals surface area (Å²) in [6.07, 6.45) is -1.88. The minimum Gasteiger partial charge on any atom is -0.550 e. The Labute approximate surface area is 159 Å². The summed E-state index contributed by atoms with van der Waals surface area (Å²) in [5, 5.41) is 38.0. The monoisotopic (exact) mass is 340 g/mol. The van der Waals surface area contributed by atoms with Crippen LogP contribution in [0.3, 0.4) is 0 Å². The average molecular weight is 341 g/mol. The van der Waals surface area contributed by atoms with E-state index in [1.54, 1.807) is 0 Å². The summed E-state index contributed by atoms with van der Waals surface area (Å²) in [6, 6.07) is 0. The van der Waals surface area contributed by atoms with Gasteiger partial charge in [-0.3, -0.25) is 0 Å². The number of carboxylic acid groups (broad SMARTS) is 4. The molecule has 22 heavy (non-hydrogen) atoms. The first kappa shape index (κ1) is 33.1. The summed E-state index contributed by atoms with van der Waals surface area (Å²) in [5.74, 6) is -5.47. The van der Waals surface area contributed by atoms with Gasteiger partial charge in [0.1, 0.15) is 0 Å². The molecule has 0 heterocycles. The Bertz CT molecular complexity index is 257. The van der Waals surface area contributed by atoms with Crippen LogP contribution in [-0.2, 0) is 19.2 Å². The fourth-order valence-corrected chi connectivity index (χ4v) is 0.408. The van der Waals surface area contributed by atoms with Crippen LogP contribution >= 0.6 is 0 Å². The zero-order chi connectivity index (χ0) is 16.6. The fraction of sp³-hybridized carbons (Fsp3) is 0.600. The molecule has 118 valence electrons. The van der Waals surface area contributed by atoms with Crippen LogP contribution in [0.15, 0.2) is 0 Å². The van der Waals surface area contributed by atoms with Gasteiger partial charge in [0.15, 0.2) is 0 Å². The molecule has 0 unspecified atom stereocenters. The van der Waals surface area contributed by atoms with E-state index in [0.29, 0.717) is 13.1 Å². The van der Waals surface area contributed by atoms with Crippen molar-refractivity contribution in [2.45, 2.75) is 25.7 Å². The Morgan fingerprint density at radius 1 is 0.545 bits per heavy atom. The van der Waals surface area contributed by atoms with Crippen molar-refractivity contribution >= 4 is 70.0 Å². The minimum atomic E-state index is -1.37. The number of carbonyl (C=O) groups excluding carboxylic acids is 4. The summed E-state index contributed by atoms with van der Waals surface area (Å²) in [4.78, 5) is 38.0. The van der Waals surface area contributed by atoms with Gasteiger partial charge in [0.2, 0.25) is 0 Å². The van der Waals surface area contributed by atoms with Gasteiger partial charge in [0.05, 0.1) is 0 Å². The van der Waals surface area contributed by atoms with Gasteiger partial charge in [0.25, 0.3) is 0 Å². The molecule has 0 aliphatic carbocycles. The first-order valence-electron chi connectivity index (χ1n) is 5.36. The summed E-state index contributed by atoms with van der Waals surface area (Å²) in [7, 11) is 0. The Kier molecular flexibility index (Phi) is 38.0. The molecule has 0 fully saturated rings. The minimum absolute atomic E-state index is 0. The van der Waals surface area contributed by atoms with Crippen LogP contribution < -0.4 is 31.9 Å². The Hall–Kier alpha value is -0.668. The molecule has 4 N–H and O–H groups in total. The van der Waals surface area contributed by atoms with E-state index in [1.807, 2.05) is 0 Å². The molecule has 0 aliphatic heterocycles. The largest absolute Gasteiger partial charge is 2.00 e. The van der Waals surface area contributed by atoms with Gasteiger partial charge < -0.3 is 51.1 Å². The third kappa shape index (κ3) is 60.9. The summed E-state index contributed by atoms with van der Waals surface area (Å²) < 4.78 is 0. The molecule has 0 rings (SSSR count). The van der Waals surface area contributed by atoms with E-state index < -0.39 is 49.6 Å². The second-order valence-electron chi connectivity index (χ2n) is 3.07. The van der Waals surface area contributed by atoms with Gasteiger partial charge in [-0.1, -0.05) is 0 Å². The van der Waals surface area contributed by atoms with Crippen molar-refractivity contribution in [1.29, 1.82) is 0 Å². The van der Waals surface area contributed by atoms with Crippen LogP contribution in [0.2, 0.25) is 0 Å². The zero-order valence-corrected chi connectivity index (χ0v) is 14.9. The summed E-state index contributed by atoms with van der Waals surface area (Å²) in [6.45, 7) is 1.19. The predicted octanol–water partition coefficient (Wildman–Crippen LogP) is -7.33. The van der Waals surface area contributed by atoms with Gasteiger partial charge in [0, 0.05) is 37.0 Å².